The van der Waals surface area contributed by atoms with Crippen molar-refractivity contribution in [3.63, 3.8) is 0 Å². The third-order valence-electron chi connectivity index (χ3n) is 2.42. The molecule has 3 N–H and O–H groups in total. The molecule has 0 aromatic heterocycles. The van der Waals surface area contributed by atoms with Crippen LogP contribution in [0.15, 0.2) is 18.2 Å². The van der Waals surface area contributed by atoms with Crippen LogP contribution < -0.4 is 11.2 Å². The van der Waals surface area contributed by atoms with Gasteiger partial charge in [-0.3, -0.25) is 4.84 Å². The molecule has 0 saturated carbocycles. The van der Waals surface area contributed by atoms with E-state index in [4.69, 9.17) is 5.90 Å². The summed E-state index contributed by atoms with van der Waals surface area (Å²) < 4.78 is 0. The first-order valence-electron chi connectivity index (χ1n) is 4.50. The standard InChI is InChI=1S/C10H14N2O/c1-7-5-9-8(6-13-11)3-2-4-10(9)12-7/h2-4,7,12H,5-6,11H2,1H3. The van der Waals surface area contributed by atoms with E-state index in [9.17, 15) is 0 Å². The molecule has 0 bridgehead atoms. The van der Waals surface area contributed by atoms with Crippen molar-refractivity contribution in [1.29, 1.82) is 0 Å². The van der Waals surface area contributed by atoms with E-state index in [1.807, 2.05) is 6.07 Å². The average molecular weight is 178 g/mol. The van der Waals surface area contributed by atoms with Crippen LogP contribution in [0.25, 0.3) is 0 Å². The quantitative estimate of drug-likeness (QED) is 0.673. The number of nitrogens with two attached hydrogens (primary N) is 1. The summed E-state index contributed by atoms with van der Waals surface area (Å²) in [6, 6.07) is 6.71. The molecule has 1 aliphatic heterocycles. The third kappa shape index (κ3) is 1.53. The monoisotopic (exact) mass is 178 g/mol. The lowest BCUT2D eigenvalue weighted by Crippen LogP contribution is -2.08. The molecule has 0 aliphatic carbocycles. The van der Waals surface area contributed by atoms with E-state index in [0.29, 0.717) is 12.6 Å². The average Bonchev–Trinajstić information content (AvgIpc) is 2.47. The molecule has 0 spiro atoms. The van der Waals surface area contributed by atoms with Crippen LogP contribution in [0.3, 0.4) is 0 Å². The topological polar surface area (TPSA) is 47.3 Å². The first kappa shape index (κ1) is 8.53. The molecule has 1 aromatic carbocycles. The van der Waals surface area contributed by atoms with E-state index in [1.54, 1.807) is 0 Å². The lowest BCUT2D eigenvalue weighted by molar-refractivity contribution is 0.123. The van der Waals surface area contributed by atoms with Gasteiger partial charge < -0.3 is 5.32 Å². The van der Waals surface area contributed by atoms with E-state index in [-0.39, 0.29) is 0 Å². The predicted molar refractivity (Wildman–Crippen MR) is 52.2 cm³/mol. The predicted octanol–water partition coefficient (Wildman–Crippen LogP) is 1.43. The fourth-order valence-electron chi connectivity index (χ4n) is 1.86. The van der Waals surface area contributed by atoms with Crippen molar-refractivity contribution in [3.05, 3.63) is 29.3 Å². The van der Waals surface area contributed by atoms with Crippen molar-refractivity contribution in [2.75, 3.05) is 5.32 Å². The summed E-state index contributed by atoms with van der Waals surface area (Å²) in [4.78, 5) is 4.66. The van der Waals surface area contributed by atoms with Gasteiger partial charge in [-0.15, -0.1) is 0 Å². The molecule has 0 amide bonds. The van der Waals surface area contributed by atoms with E-state index in [1.165, 1.54) is 16.8 Å². The molecule has 70 valence electrons. The number of hydrogen-bond donors (Lipinski definition) is 2. The highest BCUT2D eigenvalue weighted by Gasteiger charge is 2.18. The van der Waals surface area contributed by atoms with E-state index in [0.717, 1.165) is 6.42 Å². The minimum absolute atomic E-state index is 0.498. The van der Waals surface area contributed by atoms with Gasteiger partial charge in [0.25, 0.3) is 0 Å². The molecule has 0 radical (unpaired) electrons. The van der Waals surface area contributed by atoms with Gasteiger partial charge in [-0.1, -0.05) is 12.1 Å². The first-order chi connectivity index (χ1) is 6.31. The van der Waals surface area contributed by atoms with Crippen LogP contribution in [0.1, 0.15) is 18.1 Å². The second-order valence-corrected chi connectivity index (χ2v) is 3.50. The van der Waals surface area contributed by atoms with Gasteiger partial charge in [0.1, 0.15) is 0 Å². The summed E-state index contributed by atoms with van der Waals surface area (Å²) in [5.74, 6) is 5.07. The summed E-state index contributed by atoms with van der Waals surface area (Å²) in [6.07, 6.45) is 1.06. The van der Waals surface area contributed by atoms with E-state index in [2.05, 4.69) is 29.2 Å². The second kappa shape index (κ2) is 3.36. The fraction of sp³-hybridized carbons (Fsp3) is 0.400. The van der Waals surface area contributed by atoms with Gasteiger partial charge in [-0.25, -0.2) is 5.90 Å². The third-order valence-corrected chi connectivity index (χ3v) is 2.42. The van der Waals surface area contributed by atoms with Crippen LogP contribution in [0.4, 0.5) is 5.69 Å². The molecule has 0 fully saturated rings. The van der Waals surface area contributed by atoms with Crippen LogP contribution in [0.5, 0.6) is 0 Å². The molecular weight excluding hydrogens is 164 g/mol. The molecule has 0 saturated heterocycles. The summed E-state index contributed by atoms with van der Waals surface area (Å²) in [5, 5.41) is 3.40. The van der Waals surface area contributed by atoms with Gasteiger partial charge in [0.15, 0.2) is 0 Å². The number of rotatable bonds is 2. The van der Waals surface area contributed by atoms with Gasteiger partial charge in [-0.05, 0) is 30.5 Å². The van der Waals surface area contributed by atoms with Gasteiger partial charge in [0.05, 0.1) is 6.61 Å². The minimum Gasteiger partial charge on any atom is -0.382 e. The van der Waals surface area contributed by atoms with E-state index < -0.39 is 0 Å². The molecular formula is C10H14N2O. The molecule has 2 rings (SSSR count). The Balaban J connectivity index is 2.34. The normalized spacial score (nSPS) is 19.7. The maximum atomic E-state index is 5.07. The smallest absolute Gasteiger partial charge is 0.0933 e. The lowest BCUT2D eigenvalue weighted by atomic mass is 10.0. The molecule has 3 nitrogen and oxygen atoms in total. The Labute approximate surface area is 77.8 Å². The van der Waals surface area contributed by atoms with Crippen LogP contribution in [0.2, 0.25) is 0 Å². The Morgan fingerprint density at radius 1 is 1.62 bits per heavy atom. The van der Waals surface area contributed by atoms with Crippen LogP contribution in [0, 0.1) is 0 Å². The molecule has 3 heteroatoms. The Hall–Kier alpha value is -1.06. The fourth-order valence-corrected chi connectivity index (χ4v) is 1.86. The van der Waals surface area contributed by atoms with E-state index >= 15 is 0 Å². The largest absolute Gasteiger partial charge is 0.382 e. The van der Waals surface area contributed by atoms with Gasteiger partial charge >= 0.3 is 0 Å². The molecule has 13 heavy (non-hydrogen) atoms. The summed E-state index contributed by atoms with van der Waals surface area (Å²) >= 11 is 0. The lowest BCUT2D eigenvalue weighted by Gasteiger charge is -2.05. The Bertz CT molecular complexity index is 312. The maximum absolute atomic E-state index is 5.07. The number of nitrogens with one attached hydrogen (secondary N) is 1. The Kier molecular flexibility index (Phi) is 2.20. The van der Waals surface area contributed by atoms with Gasteiger partial charge in [0, 0.05) is 11.7 Å². The molecule has 1 aromatic rings. The zero-order valence-electron chi connectivity index (χ0n) is 7.71. The first-order valence-corrected chi connectivity index (χ1v) is 4.50. The Morgan fingerprint density at radius 3 is 3.23 bits per heavy atom. The minimum atomic E-state index is 0.498. The van der Waals surface area contributed by atoms with Gasteiger partial charge in [-0.2, -0.15) is 0 Å². The number of hydrogen-bond acceptors (Lipinski definition) is 3. The number of fused-ring (bicyclic) bond motifs is 1. The van der Waals surface area contributed by atoms with Crippen LogP contribution in [-0.4, -0.2) is 6.04 Å². The summed E-state index contributed by atoms with van der Waals surface area (Å²) in [7, 11) is 0. The van der Waals surface area contributed by atoms with Crippen molar-refractivity contribution in [2.45, 2.75) is 26.0 Å². The van der Waals surface area contributed by atoms with Crippen molar-refractivity contribution in [3.8, 4) is 0 Å². The van der Waals surface area contributed by atoms with Crippen molar-refractivity contribution < 1.29 is 4.84 Å². The highest BCUT2D eigenvalue weighted by Crippen LogP contribution is 2.28. The Morgan fingerprint density at radius 2 is 2.46 bits per heavy atom. The number of benzene rings is 1. The van der Waals surface area contributed by atoms with Crippen LogP contribution >= 0.6 is 0 Å². The van der Waals surface area contributed by atoms with Crippen molar-refractivity contribution >= 4 is 5.69 Å². The van der Waals surface area contributed by atoms with Gasteiger partial charge in [0.2, 0.25) is 0 Å². The summed E-state index contributed by atoms with van der Waals surface area (Å²) in [5.41, 5.74) is 3.76. The zero-order valence-corrected chi connectivity index (χ0v) is 7.71. The maximum Gasteiger partial charge on any atom is 0.0933 e. The highest BCUT2D eigenvalue weighted by atomic mass is 16.6. The highest BCUT2D eigenvalue weighted by molar-refractivity contribution is 5.59. The number of anilines is 1. The molecule has 1 unspecified atom stereocenters. The molecule has 1 atom stereocenters. The molecule has 1 heterocycles. The zero-order chi connectivity index (χ0) is 9.26. The second-order valence-electron chi connectivity index (χ2n) is 3.50. The molecule has 1 aliphatic rings. The van der Waals surface area contributed by atoms with Crippen molar-refractivity contribution in [1.82, 2.24) is 0 Å². The SMILES string of the molecule is CC1Cc2c(CON)cccc2N1. The van der Waals surface area contributed by atoms with Crippen molar-refractivity contribution in [2.24, 2.45) is 5.90 Å². The van der Waals surface area contributed by atoms with Crippen LogP contribution in [-0.2, 0) is 17.9 Å². The summed E-state index contributed by atoms with van der Waals surface area (Å²) in [6.45, 7) is 2.67.